The largest absolute Gasteiger partial charge is 0.478 e. The second-order valence-corrected chi connectivity index (χ2v) is 6.36. The molecule has 2 aromatic rings. The van der Waals surface area contributed by atoms with Gasteiger partial charge in [-0.25, -0.2) is 4.79 Å². The van der Waals surface area contributed by atoms with Gasteiger partial charge in [-0.1, -0.05) is 29.8 Å². The molecule has 2 N–H and O–H groups in total. The van der Waals surface area contributed by atoms with Crippen LogP contribution < -0.4 is 5.32 Å². The second kappa shape index (κ2) is 7.42. The monoisotopic (exact) mass is 366 g/mol. The molecule has 0 aromatic heterocycles. The van der Waals surface area contributed by atoms with Crippen LogP contribution in [0.5, 0.6) is 0 Å². The zero-order valence-electron chi connectivity index (χ0n) is 13.8. The normalized spacial score (nSPS) is 13.4. The van der Waals surface area contributed by atoms with E-state index in [-0.39, 0.29) is 5.57 Å². The van der Waals surface area contributed by atoms with Crippen LogP contribution in [-0.4, -0.2) is 17.0 Å². The molecule has 1 aliphatic carbocycles. The zero-order chi connectivity index (χ0) is 18.7. The first-order valence-corrected chi connectivity index (χ1v) is 8.44. The molecule has 0 atom stereocenters. The Kier molecular flexibility index (Phi) is 5.06. The van der Waals surface area contributed by atoms with Crippen LogP contribution in [0, 0.1) is 11.3 Å². The van der Waals surface area contributed by atoms with Crippen LogP contribution in [0.15, 0.2) is 53.6 Å². The van der Waals surface area contributed by atoms with Gasteiger partial charge in [-0.15, -0.1) is 0 Å². The highest BCUT2D eigenvalue weighted by atomic mass is 35.5. The summed E-state index contributed by atoms with van der Waals surface area (Å²) in [5.74, 6) is -1.44. The minimum atomic E-state index is -1.04. The topological polar surface area (TPSA) is 90.2 Å². The smallest absolute Gasteiger partial charge is 0.332 e. The molecule has 26 heavy (non-hydrogen) atoms. The molecule has 0 unspecified atom stereocenters. The summed E-state index contributed by atoms with van der Waals surface area (Å²) in [6, 6.07) is 14.2. The van der Waals surface area contributed by atoms with Crippen molar-refractivity contribution >= 4 is 29.2 Å². The molecule has 1 aliphatic rings. The number of benzene rings is 2. The number of nitrogens with one attached hydrogen (secondary N) is 1. The molecule has 0 heterocycles. The van der Waals surface area contributed by atoms with Crippen molar-refractivity contribution in [3.63, 3.8) is 0 Å². The standard InChI is InChI=1S/C20H15ClN2O3/c21-18-10-14(23-19(24)16-2-1-3-17(16)20(25)26)8-9-15(18)13-6-4-12(11-22)5-7-13/h4-10H,1-3H2,(H,23,24)(H,25,26). The highest BCUT2D eigenvalue weighted by Gasteiger charge is 2.25. The first-order valence-electron chi connectivity index (χ1n) is 8.06. The van der Waals surface area contributed by atoms with E-state index in [9.17, 15) is 9.59 Å². The van der Waals surface area contributed by atoms with Gasteiger partial charge in [0.25, 0.3) is 5.91 Å². The fourth-order valence-corrected chi connectivity index (χ4v) is 3.28. The Morgan fingerprint density at radius 1 is 1.08 bits per heavy atom. The Morgan fingerprint density at radius 3 is 2.38 bits per heavy atom. The maximum atomic E-state index is 12.4. The lowest BCUT2D eigenvalue weighted by Crippen LogP contribution is -2.16. The number of carbonyl (C=O) groups excluding carboxylic acids is 1. The number of carbonyl (C=O) groups is 2. The molecule has 5 nitrogen and oxygen atoms in total. The molecule has 2 aromatic carbocycles. The van der Waals surface area contributed by atoms with Crippen molar-refractivity contribution in [3.8, 4) is 17.2 Å². The van der Waals surface area contributed by atoms with Gasteiger partial charge in [-0.05, 0) is 49.1 Å². The van der Waals surface area contributed by atoms with E-state index in [4.69, 9.17) is 22.0 Å². The summed E-state index contributed by atoms with van der Waals surface area (Å²) in [4.78, 5) is 23.6. The molecule has 6 heteroatoms. The number of hydrogen-bond acceptors (Lipinski definition) is 3. The van der Waals surface area contributed by atoms with Crippen LogP contribution in [0.2, 0.25) is 5.02 Å². The second-order valence-electron chi connectivity index (χ2n) is 5.95. The molecular formula is C20H15ClN2O3. The molecule has 130 valence electrons. The Balaban J connectivity index is 1.81. The summed E-state index contributed by atoms with van der Waals surface area (Å²) in [7, 11) is 0. The van der Waals surface area contributed by atoms with Gasteiger partial charge in [0, 0.05) is 22.4 Å². The number of nitriles is 1. The summed E-state index contributed by atoms with van der Waals surface area (Å²) < 4.78 is 0. The minimum absolute atomic E-state index is 0.183. The third kappa shape index (κ3) is 3.61. The van der Waals surface area contributed by atoms with E-state index in [1.807, 2.05) is 0 Å². The van der Waals surface area contributed by atoms with Gasteiger partial charge in [0.2, 0.25) is 0 Å². The van der Waals surface area contributed by atoms with Crippen molar-refractivity contribution < 1.29 is 14.7 Å². The number of carboxylic acids is 1. The predicted octanol–water partition coefficient (Wildman–Crippen LogP) is 4.38. The van der Waals surface area contributed by atoms with Crippen molar-refractivity contribution in [2.24, 2.45) is 0 Å². The number of aliphatic carboxylic acids is 1. The average Bonchev–Trinajstić information content (AvgIpc) is 3.12. The average molecular weight is 367 g/mol. The number of nitrogens with zero attached hydrogens (tertiary/aromatic N) is 1. The first kappa shape index (κ1) is 17.7. The summed E-state index contributed by atoms with van der Waals surface area (Å²) in [5.41, 5.74) is 3.21. The van der Waals surface area contributed by atoms with Crippen molar-refractivity contribution in [1.29, 1.82) is 5.26 Å². The summed E-state index contributed by atoms with van der Waals surface area (Å²) in [6.45, 7) is 0. The fourth-order valence-electron chi connectivity index (χ4n) is 2.99. The van der Waals surface area contributed by atoms with Gasteiger partial charge in [0.05, 0.1) is 16.7 Å². The van der Waals surface area contributed by atoms with Crippen LogP contribution in [0.25, 0.3) is 11.1 Å². The van der Waals surface area contributed by atoms with Gasteiger partial charge in [-0.3, -0.25) is 4.79 Å². The third-order valence-corrected chi connectivity index (χ3v) is 4.61. The number of hydrogen-bond donors (Lipinski definition) is 2. The first-order chi connectivity index (χ1) is 12.5. The number of amides is 1. The maximum Gasteiger partial charge on any atom is 0.332 e. The molecule has 0 spiro atoms. The lowest BCUT2D eigenvalue weighted by atomic mass is 10.0. The fraction of sp³-hybridized carbons (Fsp3) is 0.150. The van der Waals surface area contributed by atoms with Crippen LogP contribution in [0.1, 0.15) is 24.8 Å². The molecule has 0 saturated carbocycles. The number of halogens is 1. The van der Waals surface area contributed by atoms with Crippen molar-refractivity contribution in [2.75, 3.05) is 5.32 Å². The van der Waals surface area contributed by atoms with E-state index in [0.717, 1.165) is 11.1 Å². The van der Waals surface area contributed by atoms with E-state index >= 15 is 0 Å². The molecule has 1 amide bonds. The lowest BCUT2D eigenvalue weighted by Gasteiger charge is -2.10. The van der Waals surface area contributed by atoms with Crippen LogP contribution in [0.4, 0.5) is 5.69 Å². The third-order valence-electron chi connectivity index (χ3n) is 4.30. The van der Waals surface area contributed by atoms with Crippen molar-refractivity contribution in [1.82, 2.24) is 0 Å². The minimum Gasteiger partial charge on any atom is -0.478 e. The van der Waals surface area contributed by atoms with Crippen molar-refractivity contribution in [3.05, 3.63) is 64.2 Å². The zero-order valence-corrected chi connectivity index (χ0v) is 14.5. The van der Waals surface area contributed by atoms with E-state index in [1.165, 1.54) is 0 Å². The Labute approximate surface area is 155 Å². The number of anilines is 1. The molecule has 3 rings (SSSR count). The van der Waals surface area contributed by atoms with Gasteiger partial charge in [0.1, 0.15) is 0 Å². The van der Waals surface area contributed by atoms with Crippen LogP contribution in [0.3, 0.4) is 0 Å². The summed E-state index contributed by atoms with van der Waals surface area (Å²) in [5, 5.41) is 21.2. The highest BCUT2D eigenvalue weighted by molar-refractivity contribution is 6.33. The van der Waals surface area contributed by atoms with Crippen LogP contribution in [-0.2, 0) is 9.59 Å². The summed E-state index contributed by atoms with van der Waals surface area (Å²) in [6.07, 6.45) is 1.55. The lowest BCUT2D eigenvalue weighted by molar-refractivity contribution is -0.133. The van der Waals surface area contributed by atoms with E-state index < -0.39 is 11.9 Å². The van der Waals surface area contributed by atoms with E-state index in [0.29, 0.717) is 41.1 Å². The highest BCUT2D eigenvalue weighted by Crippen LogP contribution is 2.32. The van der Waals surface area contributed by atoms with Gasteiger partial charge in [-0.2, -0.15) is 5.26 Å². The van der Waals surface area contributed by atoms with Gasteiger partial charge in [0.15, 0.2) is 0 Å². The van der Waals surface area contributed by atoms with E-state index in [1.54, 1.807) is 42.5 Å². The Morgan fingerprint density at radius 2 is 1.77 bits per heavy atom. The van der Waals surface area contributed by atoms with Crippen LogP contribution >= 0.6 is 11.6 Å². The Bertz CT molecular complexity index is 956. The quantitative estimate of drug-likeness (QED) is 0.840. The number of rotatable bonds is 4. The molecule has 0 radical (unpaired) electrons. The molecule has 0 aliphatic heterocycles. The van der Waals surface area contributed by atoms with E-state index in [2.05, 4.69) is 11.4 Å². The predicted molar refractivity (Wildman–Crippen MR) is 98.7 cm³/mol. The molecule has 0 fully saturated rings. The number of carboxylic acid groups (broad SMARTS) is 1. The van der Waals surface area contributed by atoms with Gasteiger partial charge >= 0.3 is 5.97 Å². The SMILES string of the molecule is N#Cc1ccc(-c2ccc(NC(=O)C3=C(C(=O)O)CCC3)cc2Cl)cc1. The maximum absolute atomic E-state index is 12.4. The summed E-state index contributed by atoms with van der Waals surface area (Å²) >= 11 is 6.34. The molecular weight excluding hydrogens is 352 g/mol. The molecule has 0 bridgehead atoms. The van der Waals surface area contributed by atoms with Gasteiger partial charge < -0.3 is 10.4 Å². The van der Waals surface area contributed by atoms with Crippen molar-refractivity contribution in [2.45, 2.75) is 19.3 Å². The molecule has 0 saturated heterocycles. The Hall–Kier alpha value is -3.10.